The van der Waals surface area contributed by atoms with Crippen molar-refractivity contribution in [3.63, 3.8) is 0 Å². The summed E-state index contributed by atoms with van der Waals surface area (Å²) in [6.45, 7) is 2.70. The van der Waals surface area contributed by atoms with Crippen LogP contribution in [0.15, 0.2) is 11.0 Å². The van der Waals surface area contributed by atoms with Crippen molar-refractivity contribution in [2.45, 2.75) is 24.3 Å². The van der Waals surface area contributed by atoms with Crippen LogP contribution in [0.4, 0.5) is 13.2 Å². The van der Waals surface area contributed by atoms with Crippen LogP contribution in [0.2, 0.25) is 0 Å². The van der Waals surface area contributed by atoms with Gasteiger partial charge in [0.2, 0.25) is 0 Å². The van der Waals surface area contributed by atoms with E-state index in [4.69, 9.17) is 5.73 Å². The Labute approximate surface area is 97.4 Å². The second kappa shape index (κ2) is 3.99. The molecule has 0 aliphatic heterocycles. The van der Waals surface area contributed by atoms with Gasteiger partial charge in [0.05, 0.1) is 0 Å². The topological polar surface area (TPSA) is 60.2 Å². The van der Waals surface area contributed by atoms with Gasteiger partial charge in [0, 0.05) is 17.4 Å². The predicted molar refractivity (Wildman–Crippen MR) is 56.6 cm³/mol. The standard InChI is InChI=1S/C10H12F3NO2S/c1-10(2,14)5-4-6(11)9(17(3,15)16)8(13)7(5)12/h4H,14H2,1-3H3. The van der Waals surface area contributed by atoms with Crippen LogP contribution >= 0.6 is 0 Å². The molecule has 0 saturated heterocycles. The third-order valence-corrected chi connectivity index (χ3v) is 3.30. The fourth-order valence-electron chi connectivity index (χ4n) is 1.39. The van der Waals surface area contributed by atoms with Crippen LogP contribution in [0.25, 0.3) is 0 Å². The fraction of sp³-hybridized carbons (Fsp3) is 0.400. The molecule has 7 heteroatoms. The van der Waals surface area contributed by atoms with Gasteiger partial charge in [0.15, 0.2) is 21.5 Å². The van der Waals surface area contributed by atoms with E-state index >= 15 is 0 Å². The summed E-state index contributed by atoms with van der Waals surface area (Å²) in [5, 5.41) is 0. The Morgan fingerprint density at radius 1 is 1.18 bits per heavy atom. The summed E-state index contributed by atoms with van der Waals surface area (Å²) in [7, 11) is -4.18. The molecule has 1 aromatic rings. The number of sulfone groups is 1. The molecule has 0 radical (unpaired) electrons. The molecule has 0 aliphatic rings. The first-order valence-electron chi connectivity index (χ1n) is 4.63. The van der Waals surface area contributed by atoms with Crippen LogP contribution in [-0.2, 0) is 15.4 Å². The van der Waals surface area contributed by atoms with Gasteiger partial charge in [-0.25, -0.2) is 21.6 Å². The molecule has 0 spiro atoms. The first-order valence-corrected chi connectivity index (χ1v) is 6.52. The molecule has 0 bridgehead atoms. The van der Waals surface area contributed by atoms with Crippen LogP contribution in [-0.4, -0.2) is 14.7 Å². The van der Waals surface area contributed by atoms with Crippen LogP contribution in [0.1, 0.15) is 19.4 Å². The average Bonchev–Trinajstić information content (AvgIpc) is 2.07. The number of hydrogen-bond donors (Lipinski definition) is 1. The van der Waals surface area contributed by atoms with Gasteiger partial charge in [-0.1, -0.05) is 0 Å². The summed E-state index contributed by atoms with van der Waals surface area (Å²) >= 11 is 0. The number of hydrogen-bond acceptors (Lipinski definition) is 3. The van der Waals surface area contributed by atoms with E-state index in [1.165, 1.54) is 13.8 Å². The van der Waals surface area contributed by atoms with Crippen molar-refractivity contribution >= 4 is 9.84 Å². The number of nitrogens with two attached hydrogens (primary N) is 1. The molecule has 0 heterocycles. The zero-order chi connectivity index (χ0) is 13.6. The van der Waals surface area contributed by atoms with Gasteiger partial charge in [-0.3, -0.25) is 0 Å². The van der Waals surface area contributed by atoms with Gasteiger partial charge >= 0.3 is 0 Å². The number of halogens is 3. The monoisotopic (exact) mass is 267 g/mol. The largest absolute Gasteiger partial charge is 0.322 e. The molecule has 0 aromatic heterocycles. The van der Waals surface area contributed by atoms with Crippen LogP contribution in [0, 0.1) is 17.5 Å². The molecule has 3 nitrogen and oxygen atoms in total. The highest BCUT2D eigenvalue weighted by molar-refractivity contribution is 7.90. The zero-order valence-electron chi connectivity index (χ0n) is 9.51. The highest BCUT2D eigenvalue weighted by Crippen LogP contribution is 2.29. The lowest BCUT2D eigenvalue weighted by Gasteiger charge is -2.21. The Kier molecular flexibility index (Phi) is 3.28. The van der Waals surface area contributed by atoms with E-state index in [2.05, 4.69) is 0 Å². The Hall–Kier alpha value is -1.08. The lowest BCUT2D eigenvalue weighted by atomic mass is 9.95. The van der Waals surface area contributed by atoms with Crippen molar-refractivity contribution in [2.75, 3.05) is 6.26 Å². The Morgan fingerprint density at radius 2 is 1.65 bits per heavy atom. The maximum absolute atomic E-state index is 13.6. The van der Waals surface area contributed by atoms with Crippen molar-refractivity contribution in [3.05, 3.63) is 29.1 Å². The van der Waals surface area contributed by atoms with Gasteiger partial charge in [-0.05, 0) is 19.9 Å². The molecular weight excluding hydrogens is 255 g/mol. The van der Waals surface area contributed by atoms with Crippen molar-refractivity contribution in [2.24, 2.45) is 5.73 Å². The van der Waals surface area contributed by atoms with Gasteiger partial charge in [-0.2, -0.15) is 0 Å². The summed E-state index contributed by atoms with van der Waals surface area (Å²) in [6, 6.07) is 0.606. The fourth-order valence-corrected chi connectivity index (χ4v) is 2.22. The summed E-state index contributed by atoms with van der Waals surface area (Å²) in [5.41, 5.74) is 3.80. The summed E-state index contributed by atoms with van der Waals surface area (Å²) < 4.78 is 62.8. The molecule has 0 amide bonds. The Balaban J connectivity index is 3.72. The molecular formula is C10H12F3NO2S. The molecule has 0 fully saturated rings. The lowest BCUT2D eigenvalue weighted by Crippen LogP contribution is -2.31. The van der Waals surface area contributed by atoms with Gasteiger partial charge in [0.1, 0.15) is 10.7 Å². The molecule has 0 atom stereocenters. The van der Waals surface area contributed by atoms with E-state index < -0.39 is 43.3 Å². The Bertz CT molecular complexity index is 562. The molecule has 17 heavy (non-hydrogen) atoms. The van der Waals surface area contributed by atoms with E-state index in [0.717, 1.165) is 0 Å². The average molecular weight is 267 g/mol. The van der Waals surface area contributed by atoms with Gasteiger partial charge < -0.3 is 5.73 Å². The van der Waals surface area contributed by atoms with Crippen molar-refractivity contribution in [1.29, 1.82) is 0 Å². The van der Waals surface area contributed by atoms with Gasteiger partial charge in [-0.15, -0.1) is 0 Å². The van der Waals surface area contributed by atoms with Crippen molar-refractivity contribution < 1.29 is 21.6 Å². The molecule has 0 saturated carbocycles. The highest BCUT2D eigenvalue weighted by Gasteiger charge is 2.30. The van der Waals surface area contributed by atoms with Gasteiger partial charge in [0.25, 0.3) is 0 Å². The second-order valence-corrected chi connectivity index (χ2v) is 6.31. The summed E-state index contributed by atoms with van der Waals surface area (Å²) in [5.74, 6) is -4.53. The predicted octanol–water partition coefficient (Wildman–Crippen LogP) is 1.70. The van der Waals surface area contributed by atoms with Crippen LogP contribution in [0.3, 0.4) is 0 Å². The summed E-state index contributed by atoms with van der Waals surface area (Å²) in [6.07, 6.45) is 0.598. The maximum atomic E-state index is 13.6. The quantitative estimate of drug-likeness (QED) is 0.830. The first kappa shape index (κ1) is 14.0. The van der Waals surface area contributed by atoms with Crippen molar-refractivity contribution in [1.82, 2.24) is 0 Å². The molecule has 0 aliphatic carbocycles. The van der Waals surface area contributed by atoms with E-state index in [1.54, 1.807) is 0 Å². The van der Waals surface area contributed by atoms with E-state index in [9.17, 15) is 21.6 Å². The van der Waals surface area contributed by atoms with Crippen LogP contribution < -0.4 is 5.73 Å². The highest BCUT2D eigenvalue weighted by atomic mass is 32.2. The molecule has 2 N–H and O–H groups in total. The maximum Gasteiger partial charge on any atom is 0.181 e. The SMILES string of the molecule is CC(C)(N)c1cc(F)c(S(C)(=O)=O)c(F)c1F. The van der Waals surface area contributed by atoms with E-state index in [-0.39, 0.29) is 0 Å². The third kappa shape index (κ3) is 2.61. The van der Waals surface area contributed by atoms with E-state index in [1.807, 2.05) is 0 Å². The molecule has 0 unspecified atom stereocenters. The zero-order valence-corrected chi connectivity index (χ0v) is 10.3. The number of rotatable bonds is 2. The summed E-state index contributed by atoms with van der Waals surface area (Å²) in [4.78, 5) is -1.28. The molecule has 1 rings (SSSR count). The normalized spacial score (nSPS) is 12.9. The minimum Gasteiger partial charge on any atom is -0.322 e. The minimum absolute atomic E-state index is 0.417. The molecule has 96 valence electrons. The Morgan fingerprint density at radius 3 is 2.00 bits per heavy atom. The first-order chi connectivity index (χ1) is 7.46. The van der Waals surface area contributed by atoms with Crippen LogP contribution in [0.5, 0.6) is 0 Å². The minimum atomic E-state index is -4.18. The number of benzene rings is 1. The lowest BCUT2D eigenvalue weighted by molar-refractivity contribution is 0.421. The van der Waals surface area contributed by atoms with Crippen molar-refractivity contribution in [3.8, 4) is 0 Å². The third-order valence-electron chi connectivity index (χ3n) is 2.18. The molecule has 1 aromatic carbocycles. The second-order valence-electron chi connectivity index (χ2n) is 4.36. The smallest absolute Gasteiger partial charge is 0.181 e. The van der Waals surface area contributed by atoms with E-state index in [0.29, 0.717) is 12.3 Å².